The molecule has 9 heavy (non-hydrogen) atoms. The molecule has 0 heterocycles. The quantitative estimate of drug-likeness (QED) is 0.461. The molecular weight excluding hydrogens is 143 g/mol. The molecule has 3 heteroatoms. The molecule has 2 nitrogen and oxygen atoms in total. The molecule has 1 fully saturated rings. The molecule has 0 aromatic rings. The second-order valence-corrected chi connectivity index (χ2v) is 2.32. The largest absolute Gasteiger partial charge is 1.00 e. The second kappa shape index (κ2) is 4.85. The van der Waals surface area contributed by atoms with Crippen LogP contribution in [-0.2, 0) is 4.79 Å². The summed E-state index contributed by atoms with van der Waals surface area (Å²) < 4.78 is 0. The van der Waals surface area contributed by atoms with Crippen LogP contribution in [0.25, 0.3) is 0 Å². The van der Waals surface area contributed by atoms with Gasteiger partial charge in [-0.25, -0.2) is 0 Å². The van der Waals surface area contributed by atoms with Gasteiger partial charge in [-0.2, -0.15) is 0 Å². The fraction of sp³-hybridized carbons (Fsp3) is 0.833. The van der Waals surface area contributed by atoms with Crippen LogP contribution in [0.3, 0.4) is 0 Å². The zero-order valence-corrected chi connectivity index (χ0v) is 8.88. The minimum atomic E-state index is -0.609. The van der Waals surface area contributed by atoms with Crippen LogP contribution < -0.4 is 51.4 Å². The van der Waals surface area contributed by atoms with Crippen LogP contribution in [0.1, 0.15) is 27.1 Å². The maximum Gasteiger partial charge on any atom is 1.00 e. The average Bonchev–Trinajstić information content (AvgIpc) is 2.12. The first-order chi connectivity index (χ1) is 3.80. The maximum atomic E-state index is 10.2. The van der Waals surface area contributed by atoms with Crippen molar-refractivity contribution in [2.24, 2.45) is 5.92 Å². The molecule has 0 aliphatic heterocycles. The predicted molar refractivity (Wildman–Crippen MR) is 30.7 cm³/mol. The Hall–Kier alpha value is 1.11. The number of hydrogen-bond acceptors (Lipinski definition) is 1. The first-order valence-corrected chi connectivity index (χ1v) is 3.03. The summed E-state index contributed by atoms with van der Waals surface area (Å²) in [4.78, 5) is 10.2. The fourth-order valence-corrected chi connectivity index (χ4v) is 1.17. The van der Waals surface area contributed by atoms with E-state index in [4.69, 9.17) is 5.11 Å². The van der Waals surface area contributed by atoms with Crippen LogP contribution in [-0.4, -0.2) is 11.1 Å². The normalized spacial score (nSPS) is 19.1. The first kappa shape index (κ1) is 10.1. The third-order valence-electron chi connectivity index (χ3n) is 1.70. The van der Waals surface area contributed by atoms with Crippen molar-refractivity contribution in [2.75, 3.05) is 0 Å². The molecule has 1 aliphatic carbocycles. The Bertz CT molecular complexity index is 102. The Morgan fingerprint density at radius 2 is 1.89 bits per heavy atom. The third-order valence-corrected chi connectivity index (χ3v) is 1.70. The Morgan fingerprint density at radius 3 is 2.11 bits per heavy atom. The second-order valence-electron chi connectivity index (χ2n) is 2.32. The summed E-state index contributed by atoms with van der Waals surface area (Å²) in [6, 6.07) is 0. The van der Waals surface area contributed by atoms with Gasteiger partial charge in [-0.1, -0.05) is 12.8 Å². The van der Waals surface area contributed by atoms with Gasteiger partial charge in [0.2, 0.25) is 0 Å². The molecule has 0 radical (unpaired) electrons. The van der Waals surface area contributed by atoms with Crippen LogP contribution in [0.4, 0.5) is 0 Å². The fourth-order valence-electron chi connectivity index (χ4n) is 1.17. The van der Waals surface area contributed by atoms with Crippen molar-refractivity contribution in [3.8, 4) is 0 Å². The van der Waals surface area contributed by atoms with E-state index in [1.165, 1.54) is 0 Å². The van der Waals surface area contributed by atoms with E-state index in [-0.39, 0.29) is 58.7 Å². The van der Waals surface area contributed by atoms with E-state index in [1.807, 2.05) is 0 Å². The summed E-state index contributed by atoms with van der Waals surface area (Å²) >= 11 is 0. The molecule has 0 aromatic carbocycles. The van der Waals surface area contributed by atoms with E-state index >= 15 is 0 Å². The van der Waals surface area contributed by atoms with Gasteiger partial charge in [0.25, 0.3) is 0 Å². The van der Waals surface area contributed by atoms with E-state index in [0.717, 1.165) is 25.7 Å². The Labute approximate surface area is 98.9 Å². The smallest absolute Gasteiger partial charge is 1.00 e. The molecule has 0 amide bonds. The van der Waals surface area contributed by atoms with Crippen molar-refractivity contribution in [1.29, 1.82) is 0 Å². The molecule has 1 N–H and O–H groups in total. The zero-order chi connectivity index (χ0) is 5.98. The summed E-state index contributed by atoms with van der Waals surface area (Å²) in [6.07, 6.45) is 4.01. The Balaban J connectivity index is 0. The molecule has 0 spiro atoms. The minimum Gasteiger partial charge on any atom is -1.00 e. The van der Waals surface area contributed by atoms with Gasteiger partial charge in [-0.3, -0.25) is 4.79 Å². The number of hydrogen-bond donors (Lipinski definition) is 1. The molecule has 0 atom stereocenters. The van der Waals surface area contributed by atoms with Crippen molar-refractivity contribution in [2.45, 2.75) is 25.7 Å². The van der Waals surface area contributed by atoms with Crippen molar-refractivity contribution in [3.05, 3.63) is 0 Å². The van der Waals surface area contributed by atoms with Crippen molar-refractivity contribution < 1.29 is 62.7 Å². The van der Waals surface area contributed by atoms with E-state index in [0.29, 0.717) is 0 Å². The Morgan fingerprint density at radius 1 is 1.44 bits per heavy atom. The van der Waals surface area contributed by atoms with Gasteiger partial charge < -0.3 is 6.53 Å². The minimum absolute atomic E-state index is 0. The van der Waals surface area contributed by atoms with Gasteiger partial charge in [0.15, 0.2) is 0 Å². The number of carbonyl (C=O) groups is 1. The topological polar surface area (TPSA) is 37.3 Å². The van der Waals surface area contributed by atoms with Crippen molar-refractivity contribution in [3.63, 3.8) is 0 Å². The maximum absolute atomic E-state index is 10.2. The molecule has 1 rings (SSSR count). The molecule has 1 saturated carbocycles. The molecule has 0 unspecified atom stereocenters. The van der Waals surface area contributed by atoms with Crippen LogP contribution in [0.15, 0.2) is 0 Å². The van der Waals surface area contributed by atoms with E-state index in [9.17, 15) is 4.79 Å². The van der Waals surface area contributed by atoms with E-state index < -0.39 is 5.97 Å². The van der Waals surface area contributed by atoms with Crippen molar-refractivity contribution in [1.82, 2.24) is 0 Å². The Kier molecular flexibility index (Phi) is 5.45. The first-order valence-electron chi connectivity index (χ1n) is 3.03. The molecule has 1 aliphatic rings. The standard InChI is InChI=1S/C6H10O2.K.H/c7-6(8)5-3-1-2-4-5;;/h5H,1-4H2,(H,7,8);;/q;+1;-1. The van der Waals surface area contributed by atoms with Crippen molar-refractivity contribution >= 4 is 5.97 Å². The SMILES string of the molecule is O=C(O)C1CCCC1.[H-].[K+]. The van der Waals surface area contributed by atoms with Gasteiger partial charge in [-0.15, -0.1) is 0 Å². The van der Waals surface area contributed by atoms with Crippen LogP contribution in [0.5, 0.6) is 0 Å². The summed E-state index contributed by atoms with van der Waals surface area (Å²) in [5.74, 6) is -0.627. The molecule has 0 bridgehead atoms. The summed E-state index contributed by atoms with van der Waals surface area (Å²) in [5, 5.41) is 8.41. The van der Waals surface area contributed by atoms with Gasteiger partial charge in [0.05, 0.1) is 5.92 Å². The predicted octanol–water partition coefficient (Wildman–Crippen LogP) is -1.62. The van der Waals surface area contributed by atoms with Crippen LogP contribution in [0, 0.1) is 5.92 Å². The summed E-state index contributed by atoms with van der Waals surface area (Å²) in [6.45, 7) is 0. The number of carboxylic acids is 1. The molecule has 0 aromatic heterocycles. The molecular formula is C6H11KO2. The van der Waals surface area contributed by atoms with Gasteiger partial charge >= 0.3 is 57.4 Å². The molecule has 0 saturated heterocycles. The number of rotatable bonds is 1. The molecule has 48 valence electrons. The number of aliphatic carboxylic acids is 1. The van der Waals surface area contributed by atoms with Gasteiger partial charge in [0.1, 0.15) is 0 Å². The zero-order valence-electron chi connectivity index (χ0n) is 6.76. The third kappa shape index (κ3) is 3.14. The average molecular weight is 154 g/mol. The van der Waals surface area contributed by atoms with E-state index in [1.54, 1.807) is 0 Å². The summed E-state index contributed by atoms with van der Waals surface area (Å²) in [5.41, 5.74) is 0. The van der Waals surface area contributed by atoms with Crippen LogP contribution in [0.2, 0.25) is 0 Å². The van der Waals surface area contributed by atoms with Gasteiger partial charge in [-0.05, 0) is 12.8 Å². The van der Waals surface area contributed by atoms with Crippen LogP contribution >= 0.6 is 0 Å². The summed E-state index contributed by atoms with van der Waals surface area (Å²) in [7, 11) is 0. The van der Waals surface area contributed by atoms with E-state index in [2.05, 4.69) is 0 Å². The monoisotopic (exact) mass is 154 g/mol. The van der Waals surface area contributed by atoms with Gasteiger partial charge in [0, 0.05) is 0 Å². The number of carboxylic acid groups (broad SMARTS) is 1.